The molecule has 0 aliphatic carbocycles. The predicted molar refractivity (Wildman–Crippen MR) is 80.2 cm³/mol. The highest BCUT2D eigenvalue weighted by Gasteiger charge is 2.18. The first kappa shape index (κ1) is 17.4. The van der Waals surface area contributed by atoms with Gasteiger partial charge in [-0.3, -0.25) is 0 Å². The van der Waals surface area contributed by atoms with Gasteiger partial charge in [-0.05, 0) is 24.6 Å². The van der Waals surface area contributed by atoms with Crippen LogP contribution in [0.3, 0.4) is 0 Å². The Bertz CT molecular complexity index is 819. The molecule has 1 aromatic heterocycles. The summed E-state index contributed by atoms with van der Waals surface area (Å²) in [4.78, 5) is 15.6. The summed E-state index contributed by atoms with van der Waals surface area (Å²) in [6.07, 6.45) is 1.52. The van der Waals surface area contributed by atoms with E-state index >= 15 is 0 Å². The zero-order valence-corrected chi connectivity index (χ0v) is 13.7. The second-order valence-electron chi connectivity index (χ2n) is 4.62. The van der Waals surface area contributed by atoms with E-state index in [1.54, 1.807) is 0 Å². The Morgan fingerprint density at radius 3 is 2.83 bits per heavy atom. The van der Waals surface area contributed by atoms with E-state index in [9.17, 15) is 13.2 Å². The average molecular weight is 360 g/mol. The quantitative estimate of drug-likeness (QED) is 0.777. The standard InChI is InChI=1S/C13H14ClN3O5S/c1-2-3-11-16-12(22-17-11)7-21-13(18)8-4-5-9(14)10(6-8)23(15,19)20/h4-6H,2-3,7H2,1H3,(H2,15,19,20). The van der Waals surface area contributed by atoms with E-state index in [2.05, 4.69) is 10.1 Å². The van der Waals surface area contributed by atoms with Crippen LogP contribution in [0.5, 0.6) is 0 Å². The maximum absolute atomic E-state index is 12.0. The molecule has 0 aliphatic heterocycles. The topological polar surface area (TPSA) is 125 Å². The van der Waals surface area contributed by atoms with Crippen molar-refractivity contribution in [3.05, 3.63) is 40.5 Å². The zero-order valence-electron chi connectivity index (χ0n) is 12.2. The van der Waals surface area contributed by atoms with Crippen molar-refractivity contribution in [2.45, 2.75) is 31.3 Å². The van der Waals surface area contributed by atoms with Gasteiger partial charge in [0.25, 0.3) is 5.89 Å². The van der Waals surface area contributed by atoms with Gasteiger partial charge in [-0.25, -0.2) is 18.4 Å². The molecule has 23 heavy (non-hydrogen) atoms. The first-order chi connectivity index (χ1) is 10.8. The van der Waals surface area contributed by atoms with Crippen molar-refractivity contribution in [1.82, 2.24) is 10.1 Å². The molecule has 0 fully saturated rings. The Kier molecular flexibility index (Phi) is 5.34. The fraction of sp³-hybridized carbons (Fsp3) is 0.308. The highest BCUT2D eigenvalue weighted by atomic mass is 35.5. The summed E-state index contributed by atoms with van der Waals surface area (Å²) in [5, 5.41) is 8.67. The number of aromatic nitrogens is 2. The summed E-state index contributed by atoms with van der Waals surface area (Å²) in [5.74, 6) is -0.0780. The van der Waals surface area contributed by atoms with Crippen LogP contribution in [-0.2, 0) is 27.8 Å². The Hall–Kier alpha value is -1.97. The minimum Gasteiger partial charge on any atom is -0.452 e. The number of halogens is 1. The van der Waals surface area contributed by atoms with Crippen LogP contribution in [0.15, 0.2) is 27.6 Å². The van der Waals surface area contributed by atoms with Crippen LogP contribution in [0.1, 0.15) is 35.4 Å². The van der Waals surface area contributed by atoms with E-state index < -0.39 is 16.0 Å². The lowest BCUT2D eigenvalue weighted by atomic mass is 10.2. The monoisotopic (exact) mass is 359 g/mol. The van der Waals surface area contributed by atoms with Crippen LogP contribution >= 0.6 is 11.6 Å². The largest absolute Gasteiger partial charge is 0.452 e. The van der Waals surface area contributed by atoms with Crippen molar-refractivity contribution in [2.24, 2.45) is 5.14 Å². The third kappa shape index (κ3) is 4.50. The summed E-state index contributed by atoms with van der Waals surface area (Å²) in [5.41, 5.74) is -0.00766. The van der Waals surface area contributed by atoms with Crippen molar-refractivity contribution >= 4 is 27.6 Å². The molecule has 0 saturated heterocycles. The van der Waals surface area contributed by atoms with Crippen molar-refractivity contribution < 1.29 is 22.5 Å². The minimum atomic E-state index is -4.04. The summed E-state index contributed by atoms with van der Waals surface area (Å²) < 4.78 is 32.7. The lowest BCUT2D eigenvalue weighted by molar-refractivity contribution is 0.0429. The Morgan fingerprint density at radius 1 is 1.43 bits per heavy atom. The van der Waals surface area contributed by atoms with Gasteiger partial charge in [-0.2, -0.15) is 4.98 Å². The second kappa shape index (κ2) is 7.07. The van der Waals surface area contributed by atoms with Gasteiger partial charge < -0.3 is 9.26 Å². The Morgan fingerprint density at radius 2 is 2.17 bits per heavy atom. The molecule has 2 rings (SSSR count). The molecule has 0 radical (unpaired) electrons. The van der Waals surface area contributed by atoms with Gasteiger partial charge in [0.2, 0.25) is 10.0 Å². The molecule has 0 spiro atoms. The molecule has 0 aliphatic rings. The number of nitrogens with two attached hydrogens (primary N) is 1. The molecule has 0 saturated carbocycles. The van der Waals surface area contributed by atoms with Crippen LogP contribution in [0.25, 0.3) is 0 Å². The van der Waals surface area contributed by atoms with Crippen molar-refractivity contribution in [2.75, 3.05) is 0 Å². The highest BCUT2D eigenvalue weighted by molar-refractivity contribution is 7.89. The van der Waals surface area contributed by atoms with Gasteiger partial charge >= 0.3 is 5.97 Å². The second-order valence-corrected chi connectivity index (χ2v) is 6.56. The van der Waals surface area contributed by atoms with E-state index in [1.165, 1.54) is 12.1 Å². The summed E-state index contributed by atoms with van der Waals surface area (Å²) in [6, 6.07) is 3.63. The molecule has 1 aromatic carbocycles. The molecule has 0 amide bonds. The number of rotatable bonds is 6. The summed E-state index contributed by atoms with van der Waals surface area (Å²) in [7, 11) is -4.04. The number of primary sulfonamides is 1. The van der Waals surface area contributed by atoms with E-state index in [0.29, 0.717) is 12.2 Å². The third-order valence-electron chi connectivity index (χ3n) is 2.78. The lowest BCUT2D eigenvalue weighted by Crippen LogP contribution is -2.14. The normalized spacial score (nSPS) is 11.4. The highest BCUT2D eigenvalue weighted by Crippen LogP contribution is 2.22. The SMILES string of the molecule is CCCc1noc(COC(=O)c2ccc(Cl)c(S(N)(=O)=O)c2)n1. The van der Waals surface area contributed by atoms with Gasteiger partial charge in [0.1, 0.15) is 4.90 Å². The van der Waals surface area contributed by atoms with E-state index in [1.807, 2.05) is 6.92 Å². The van der Waals surface area contributed by atoms with Gasteiger partial charge in [0.15, 0.2) is 12.4 Å². The molecular formula is C13H14ClN3O5S. The van der Waals surface area contributed by atoms with Crippen molar-refractivity contribution in [3.8, 4) is 0 Å². The molecule has 10 heteroatoms. The number of ether oxygens (including phenoxy) is 1. The van der Waals surface area contributed by atoms with E-state index in [-0.39, 0.29) is 28.0 Å². The fourth-order valence-electron chi connectivity index (χ4n) is 1.73. The van der Waals surface area contributed by atoms with Crippen LogP contribution < -0.4 is 5.14 Å². The fourth-order valence-corrected chi connectivity index (χ4v) is 2.80. The number of sulfonamides is 1. The molecule has 0 unspecified atom stereocenters. The maximum Gasteiger partial charge on any atom is 0.338 e. The molecule has 8 nitrogen and oxygen atoms in total. The molecule has 2 aromatic rings. The third-order valence-corrected chi connectivity index (χ3v) is 4.18. The predicted octanol–water partition coefficient (Wildman–Crippen LogP) is 1.68. The van der Waals surface area contributed by atoms with Crippen molar-refractivity contribution in [1.29, 1.82) is 0 Å². The van der Waals surface area contributed by atoms with Crippen LogP contribution in [0.2, 0.25) is 5.02 Å². The van der Waals surface area contributed by atoms with Gasteiger partial charge in [-0.15, -0.1) is 0 Å². The summed E-state index contributed by atoms with van der Waals surface area (Å²) in [6.45, 7) is 1.75. The summed E-state index contributed by atoms with van der Waals surface area (Å²) >= 11 is 5.75. The lowest BCUT2D eigenvalue weighted by Gasteiger charge is -2.05. The minimum absolute atomic E-state index is 0.00766. The van der Waals surface area contributed by atoms with Gasteiger partial charge in [0.05, 0.1) is 10.6 Å². The van der Waals surface area contributed by atoms with E-state index in [0.717, 1.165) is 12.5 Å². The molecule has 2 N–H and O–H groups in total. The number of carbonyl (C=O) groups is 1. The van der Waals surface area contributed by atoms with Crippen molar-refractivity contribution in [3.63, 3.8) is 0 Å². The molecule has 0 bridgehead atoms. The van der Waals surface area contributed by atoms with Crippen LogP contribution in [0, 0.1) is 0 Å². The number of hydrogen-bond acceptors (Lipinski definition) is 7. The number of hydrogen-bond donors (Lipinski definition) is 1. The maximum atomic E-state index is 12.0. The first-order valence-corrected chi connectivity index (χ1v) is 8.54. The van der Waals surface area contributed by atoms with Crippen LogP contribution in [0.4, 0.5) is 0 Å². The molecule has 0 atom stereocenters. The molecular weight excluding hydrogens is 346 g/mol. The number of nitrogens with zero attached hydrogens (tertiary/aromatic N) is 2. The molecule has 1 heterocycles. The Labute approximate surface area is 137 Å². The zero-order chi connectivity index (χ0) is 17.0. The van der Waals surface area contributed by atoms with E-state index in [4.69, 9.17) is 26.0 Å². The number of benzene rings is 1. The van der Waals surface area contributed by atoms with Gasteiger partial charge in [-0.1, -0.05) is 23.7 Å². The van der Waals surface area contributed by atoms with Crippen LogP contribution in [-0.4, -0.2) is 24.5 Å². The van der Waals surface area contributed by atoms with Gasteiger partial charge in [0, 0.05) is 6.42 Å². The smallest absolute Gasteiger partial charge is 0.338 e. The number of aryl methyl sites for hydroxylation is 1. The number of esters is 1. The Balaban J connectivity index is 2.08. The number of carbonyl (C=O) groups excluding carboxylic acids is 1. The first-order valence-electron chi connectivity index (χ1n) is 6.62. The average Bonchev–Trinajstić information content (AvgIpc) is 2.92. The molecule has 124 valence electrons.